The number of nitrogens with zero attached hydrogens (tertiary/aromatic N) is 2. The molecule has 0 aliphatic carbocycles. The van der Waals surface area contributed by atoms with E-state index in [0.29, 0.717) is 22.9 Å². The molecule has 4 heterocycles. The van der Waals surface area contributed by atoms with E-state index in [1.807, 2.05) is 13.0 Å². The number of ether oxygens (including phenoxy) is 5. The highest BCUT2D eigenvalue weighted by atomic mass is 79.9. The molecular formula is C56H73BrClN9O17. The molecule has 4 bridgehead atoms. The Hall–Kier alpha value is -7.33. The normalized spacial score (nSPS) is 25.1. The number of allylic oxidation sites excluding steroid dienone is 3. The minimum absolute atomic E-state index is 0.0116. The topological polar surface area (TPSA) is 354 Å². The minimum Gasteiger partial charge on any atom is -0.495 e. The lowest BCUT2D eigenvalue weighted by atomic mass is 9.83. The maximum atomic E-state index is 14.4. The summed E-state index contributed by atoms with van der Waals surface area (Å²) in [5.74, 6) is -5.23. The van der Waals surface area contributed by atoms with E-state index in [-0.39, 0.29) is 85.2 Å². The molecule has 84 heavy (non-hydrogen) atoms. The Kier molecular flexibility index (Phi) is 22.7. The Morgan fingerprint density at radius 1 is 0.964 bits per heavy atom. The number of fused-ring (bicyclic) bond motifs is 5. The number of amides is 10. The summed E-state index contributed by atoms with van der Waals surface area (Å²) < 4.78 is 29.6. The number of anilines is 3. The van der Waals surface area contributed by atoms with E-state index in [1.54, 1.807) is 52.0 Å². The summed E-state index contributed by atoms with van der Waals surface area (Å²) in [4.78, 5) is 136. The number of hydrogen-bond acceptors (Lipinski definition) is 17. The third kappa shape index (κ3) is 17.2. The summed E-state index contributed by atoms with van der Waals surface area (Å²) in [6.45, 7) is 8.73. The number of methoxy groups -OCH3 is 2. The van der Waals surface area contributed by atoms with Gasteiger partial charge in [-0.25, -0.2) is 19.2 Å². The van der Waals surface area contributed by atoms with Crippen LogP contribution in [0.15, 0.2) is 58.6 Å². The molecule has 0 radical (unpaired) electrons. The van der Waals surface area contributed by atoms with Crippen molar-refractivity contribution in [2.24, 2.45) is 17.6 Å². The molecule has 3 saturated heterocycles. The second-order valence-corrected chi connectivity index (χ2v) is 22.8. The van der Waals surface area contributed by atoms with Crippen molar-refractivity contribution in [2.75, 3.05) is 43.3 Å². The van der Waals surface area contributed by atoms with Gasteiger partial charge >= 0.3 is 24.2 Å². The average molecular weight is 1260 g/mol. The van der Waals surface area contributed by atoms with Gasteiger partial charge in [-0.05, 0) is 104 Å². The van der Waals surface area contributed by atoms with Crippen molar-refractivity contribution >= 4 is 104 Å². The molecule has 0 spiro atoms. The van der Waals surface area contributed by atoms with Gasteiger partial charge in [0.25, 0.3) is 11.8 Å². The monoisotopic (exact) mass is 1260 g/mol. The third-order valence-electron chi connectivity index (χ3n) is 14.8. The predicted octanol–water partition coefficient (Wildman–Crippen LogP) is 5.32. The molecule has 0 saturated carbocycles. The second kappa shape index (κ2) is 29.0. The van der Waals surface area contributed by atoms with Crippen LogP contribution < -0.4 is 47.3 Å². The number of primary amides is 1. The van der Waals surface area contributed by atoms with Crippen molar-refractivity contribution < 1.29 is 81.6 Å². The van der Waals surface area contributed by atoms with E-state index in [4.69, 9.17) is 45.9 Å². The van der Waals surface area contributed by atoms with E-state index in [9.17, 15) is 53.1 Å². The highest BCUT2D eigenvalue weighted by molar-refractivity contribution is 9.10. The Morgan fingerprint density at radius 2 is 1.67 bits per heavy atom. The number of carbonyl (C=O) groups excluding carboxylic acids is 10. The molecule has 28 heteroatoms. The molecule has 0 unspecified atom stereocenters. The lowest BCUT2D eigenvalue weighted by molar-refractivity contribution is -0.197. The number of urea groups is 1. The molecule has 0 aromatic heterocycles. The predicted molar refractivity (Wildman–Crippen MR) is 307 cm³/mol. The molecule has 10 amide bonds. The number of nitrogens with two attached hydrogens (primary N) is 1. The number of nitrogens with one attached hydrogen (secondary N) is 6. The Balaban J connectivity index is 1.15. The Bertz CT molecular complexity index is 2910. The number of epoxide rings is 1. The maximum Gasteiger partial charge on any atom is 0.412 e. The van der Waals surface area contributed by atoms with E-state index < -0.39 is 126 Å². The zero-order chi connectivity index (χ0) is 61.8. The summed E-state index contributed by atoms with van der Waals surface area (Å²) in [5.41, 5.74) is 4.28. The number of unbranched alkanes of at least 4 members (excludes halogenated alkanes) is 1. The molecule has 458 valence electrons. The first-order chi connectivity index (χ1) is 39.7. The van der Waals surface area contributed by atoms with Crippen molar-refractivity contribution in [1.82, 2.24) is 26.3 Å². The van der Waals surface area contributed by atoms with Gasteiger partial charge in [-0.15, -0.1) is 5.06 Å². The zero-order valence-electron chi connectivity index (χ0n) is 47.9. The summed E-state index contributed by atoms with van der Waals surface area (Å²) in [7, 11) is 4.37. The number of rotatable bonds is 20. The molecule has 9 atom stereocenters. The fourth-order valence-electron chi connectivity index (χ4n) is 9.99. The molecule has 2 aromatic rings. The van der Waals surface area contributed by atoms with E-state index >= 15 is 0 Å². The van der Waals surface area contributed by atoms with Crippen molar-refractivity contribution in [3.05, 3.63) is 69.2 Å². The Morgan fingerprint density at radius 3 is 2.32 bits per heavy atom. The summed E-state index contributed by atoms with van der Waals surface area (Å²) in [6, 6.07) is 4.77. The molecule has 3 fully saturated rings. The fourth-order valence-corrected chi connectivity index (χ4v) is 10.8. The molecule has 9 N–H and O–H groups in total. The molecule has 2 aromatic carbocycles. The third-order valence-corrected chi connectivity index (χ3v) is 15.8. The lowest BCUT2D eigenvalue weighted by Crippen LogP contribution is -2.63. The van der Waals surface area contributed by atoms with Crippen LogP contribution in [0.1, 0.15) is 104 Å². The van der Waals surface area contributed by atoms with Crippen LogP contribution in [0.2, 0.25) is 5.02 Å². The summed E-state index contributed by atoms with van der Waals surface area (Å²) >= 11 is 10.3. The molecule has 4 aliphatic rings. The van der Waals surface area contributed by atoms with Gasteiger partial charge in [0.15, 0.2) is 5.72 Å². The first-order valence-electron chi connectivity index (χ1n) is 27.3. The largest absolute Gasteiger partial charge is 0.495 e. The van der Waals surface area contributed by atoms with Crippen LogP contribution in [-0.2, 0) is 63.8 Å². The molecule has 6 rings (SSSR count). The molecule has 26 nitrogen and oxygen atoms in total. The van der Waals surface area contributed by atoms with E-state index in [1.165, 1.54) is 44.4 Å². The quantitative estimate of drug-likeness (QED) is 0.0472. The number of benzene rings is 2. The van der Waals surface area contributed by atoms with E-state index in [0.717, 1.165) is 11.1 Å². The number of alkyl carbamates (subject to hydrolysis) is 1. The van der Waals surface area contributed by atoms with Crippen LogP contribution in [0.25, 0.3) is 0 Å². The molecular weight excluding hydrogens is 1190 g/mol. The van der Waals surface area contributed by atoms with Crippen LogP contribution in [0, 0.1) is 11.8 Å². The van der Waals surface area contributed by atoms with Crippen molar-refractivity contribution in [3.8, 4) is 5.75 Å². The maximum absolute atomic E-state index is 14.4. The van der Waals surface area contributed by atoms with Gasteiger partial charge in [0.1, 0.15) is 46.8 Å². The number of carbonyl (C=O) groups is 10. The van der Waals surface area contributed by atoms with Gasteiger partial charge in [0.05, 0.1) is 31.0 Å². The van der Waals surface area contributed by atoms with Gasteiger partial charge in [-0.2, -0.15) is 0 Å². The highest BCUT2D eigenvalue weighted by Gasteiger charge is 2.64. The number of hydrogen-bond donors (Lipinski definition) is 8. The van der Waals surface area contributed by atoms with Crippen LogP contribution >= 0.6 is 27.5 Å². The van der Waals surface area contributed by atoms with Crippen LogP contribution in [0.3, 0.4) is 0 Å². The van der Waals surface area contributed by atoms with Crippen LogP contribution in [0.4, 0.5) is 31.4 Å². The van der Waals surface area contributed by atoms with Crippen molar-refractivity contribution in [3.63, 3.8) is 0 Å². The zero-order valence-corrected chi connectivity index (χ0v) is 50.3. The van der Waals surface area contributed by atoms with Gasteiger partial charge in [-0.3, -0.25) is 39.4 Å². The lowest BCUT2D eigenvalue weighted by Gasteiger charge is -2.42. The Labute approximate surface area is 499 Å². The number of aliphatic hydroxyl groups is 1. The van der Waals surface area contributed by atoms with Gasteiger partial charge in [-0.1, -0.05) is 56.2 Å². The molecule has 4 aliphatic heterocycles. The first-order valence-corrected chi connectivity index (χ1v) is 28.5. The summed E-state index contributed by atoms with van der Waals surface area (Å²) in [6.07, 6.45) is -0.724. The minimum atomic E-state index is -1.91. The fraction of sp³-hybridized carbons (Fsp3) is 0.536. The SMILES string of the molecule is COc1cc2cc(c1Cl)N(C)C(=O)C[C@H](OC(=O)Nc1ccc(NC(=O)[C@H](CCCNC(N)=O)NC(=O)[C@@H](NC(=O)CCCCC(=O)ON3C(=O)CCC3=O)C(C)C)cc1Br)[C@]1(C)O[C@H]1[C@H](C)[C@@H]1C[C@@](O)(NC(=O)O1)[C@H](OC)/C=C/C=C(\C)C2. The van der Waals surface area contributed by atoms with Gasteiger partial charge in [0, 0.05) is 68.9 Å². The van der Waals surface area contributed by atoms with Crippen molar-refractivity contribution in [2.45, 2.75) is 153 Å². The number of hydroxylamine groups is 2. The number of imide groups is 1. The highest BCUT2D eigenvalue weighted by Crippen LogP contribution is 2.49. The van der Waals surface area contributed by atoms with Gasteiger partial charge < -0.3 is 65.5 Å². The second-order valence-electron chi connectivity index (χ2n) is 21.5. The number of halogens is 2. The standard InChI is InChI=1S/C56H73BrClN9O17/c1-29(2)48(64-42(68)16-9-10-17-46(72)84-67-43(69)20-21-44(67)70)51(74)62-36(14-12-22-60-52(59)75)50(73)61-33-18-19-35(34(57)26-33)63-53(76)82-41-27-45(71)66(6)37-24-32(25-38(79-7)47(37)58)23-30(3)13-11-15-40(80-8)56(78)28-39(81-54(77)65-56)31(4)49-55(41,5)83-49/h11,13,15,18-19,24-26,29,31,36,39-41,48-49,78H,9-10,12,14,16-17,20-23,27-28H2,1-8H3,(H,61,73)(H,62,74)(H,63,76)(H,64,68)(H,65,77)(H3,59,60,75)/b15-11+,30-13+/t31-,36+,39+,40-,41+,48+,49+,55+,56+/m1/s1. The van der Waals surface area contributed by atoms with Gasteiger partial charge in [0.2, 0.25) is 23.6 Å². The smallest absolute Gasteiger partial charge is 0.412 e. The average Bonchev–Trinajstić information content (AvgIpc) is 1.70. The van der Waals surface area contributed by atoms with Crippen LogP contribution in [0.5, 0.6) is 5.75 Å². The summed E-state index contributed by atoms with van der Waals surface area (Å²) in [5, 5.41) is 28.2. The first kappa shape index (κ1) is 65.8. The van der Waals surface area contributed by atoms with Crippen LogP contribution in [-0.4, -0.2) is 145 Å². The van der Waals surface area contributed by atoms with Crippen molar-refractivity contribution in [1.29, 1.82) is 0 Å². The van der Waals surface area contributed by atoms with E-state index in [2.05, 4.69) is 47.8 Å².